The van der Waals surface area contributed by atoms with Crippen LogP contribution in [0, 0.1) is 17.2 Å². The van der Waals surface area contributed by atoms with Crippen molar-refractivity contribution in [2.45, 2.75) is 6.42 Å². The summed E-state index contributed by atoms with van der Waals surface area (Å²) in [5.74, 6) is -1.12. The fourth-order valence-electron chi connectivity index (χ4n) is 2.82. The summed E-state index contributed by atoms with van der Waals surface area (Å²) >= 11 is 0. The molecule has 0 saturated carbocycles. The Hall–Kier alpha value is -3.26. The van der Waals surface area contributed by atoms with Crippen LogP contribution in [-0.4, -0.2) is 15.6 Å². The quantitative estimate of drug-likeness (QED) is 0.775. The molecule has 1 heterocycles. The first-order chi connectivity index (χ1) is 11.6. The molecule has 120 valence electrons. The summed E-state index contributed by atoms with van der Waals surface area (Å²) in [6.07, 6.45) is 2.29. The molecule has 3 aromatic rings. The Morgan fingerprint density at radius 1 is 1.29 bits per heavy atom. The van der Waals surface area contributed by atoms with E-state index < -0.39 is 5.92 Å². The molecule has 5 nitrogen and oxygen atoms in total. The average molecular weight is 319 g/mol. The van der Waals surface area contributed by atoms with Crippen LogP contribution >= 0.6 is 0 Å². The zero-order valence-electron chi connectivity index (χ0n) is 13.2. The van der Waals surface area contributed by atoms with E-state index >= 15 is 0 Å². The highest BCUT2D eigenvalue weighted by Crippen LogP contribution is 2.24. The van der Waals surface area contributed by atoms with Gasteiger partial charge in [-0.2, -0.15) is 5.26 Å². The fourth-order valence-corrected chi connectivity index (χ4v) is 2.82. The Labute approximate surface area is 139 Å². The van der Waals surface area contributed by atoms with Crippen molar-refractivity contribution in [2.75, 3.05) is 5.32 Å². The van der Waals surface area contributed by atoms with Crippen molar-refractivity contribution in [1.29, 1.82) is 5.26 Å². The minimum absolute atomic E-state index is 0.0651. The van der Waals surface area contributed by atoms with E-state index in [2.05, 4.69) is 11.4 Å². The van der Waals surface area contributed by atoms with Gasteiger partial charge in [-0.05, 0) is 30.2 Å². The second kappa shape index (κ2) is 6.47. The van der Waals surface area contributed by atoms with Gasteiger partial charge in [0.2, 0.25) is 5.91 Å². The van der Waals surface area contributed by atoms with Crippen molar-refractivity contribution in [3.8, 4) is 11.8 Å². The predicted molar refractivity (Wildman–Crippen MR) is 92.5 cm³/mol. The smallest absolute Gasteiger partial charge is 0.242 e. The van der Waals surface area contributed by atoms with Gasteiger partial charge in [-0.3, -0.25) is 4.79 Å². The minimum atomic E-state index is -0.807. The lowest BCUT2D eigenvalue weighted by atomic mass is 9.99. The molecule has 0 aliphatic heterocycles. The van der Waals surface area contributed by atoms with Gasteiger partial charge in [0.1, 0.15) is 11.7 Å². The molecule has 3 rings (SSSR count). The highest BCUT2D eigenvalue weighted by molar-refractivity contribution is 5.95. The van der Waals surface area contributed by atoms with E-state index in [4.69, 9.17) is 0 Å². The molecule has 1 aromatic heterocycles. The Morgan fingerprint density at radius 2 is 2.08 bits per heavy atom. The molecule has 1 atom stereocenters. The number of nitriles is 1. The van der Waals surface area contributed by atoms with Crippen LogP contribution in [0.1, 0.15) is 5.56 Å². The van der Waals surface area contributed by atoms with Gasteiger partial charge in [0.05, 0.1) is 6.07 Å². The molecule has 24 heavy (non-hydrogen) atoms. The number of aromatic nitrogens is 1. The molecule has 0 aliphatic rings. The van der Waals surface area contributed by atoms with Crippen molar-refractivity contribution in [3.05, 3.63) is 60.3 Å². The van der Waals surface area contributed by atoms with E-state index in [-0.39, 0.29) is 11.7 Å². The van der Waals surface area contributed by atoms with Crippen LogP contribution in [0.15, 0.2) is 54.7 Å². The van der Waals surface area contributed by atoms with E-state index in [1.807, 2.05) is 42.1 Å². The molecular formula is C19H17N3O2. The predicted octanol–water partition coefficient (Wildman–Crippen LogP) is 3.20. The number of benzene rings is 2. The van der Waals surface area contributed by atoms with Crippen molar-refractivity contribution in [1.82, 2.24) is 4.57 Å². The molecule has 0 spiro atoms. The van der Waals surface area contributed by atoms with Crippen molar-refractivity contribution < 1.29 is 9.90 Å². The normalized spacial score (nSPS) is 11.8. The van der Waals surface area contributed by atoms with Gasteiger partial charge in [0.15, 0.2) is 0 Å². The largest absolute Gasteiger partial charge is 0.508 e. The Balaban J connectivity index is 1.81. The molecule has 2 aromatic carbocycles. The molecule has 2 N–H and O–H groups in total. The van der Waals surface area contributed by atoms with Crippen LogP contribution in [0.5, 0.6) is 5.75 Å². The fraction of sp³-hybridized carbons (Fsp3) is 0.158. The van der Waals surface area contributed by atoms with E-state index in [1.54, 1.807) is 12.1 Å². The number of hydrogen-bond donors (Lipinski definition) is 2. The summed E-state index contributed by atoms with van der Waals surface area (Å²) < 4.78 is 1.99. The second-order valence-corrected chi connectivity index (χ2v) is 5.71. The van der Waals surface area contributed by atoms with Gasteiger partial charge >= 0.3 is 0 Å². The van der Waals surface area contributed by atoms with E-state index in [9.17, 15) is 15.2 Å². The number of nitrogens with one attached hydrogen (secondary N) is 1. The molecular weight excluding hydrogens is 302 g/mol. The summed E-state index contributed by atoms with van der Waals surface area (Å²) in [7, 11) is 1.94. The van der Waals surface area contributed by atoms with Crippen LogP contribution in [0.4, 0.5) is 5.69 Å². The number of anilines is 1. The number of fused-ring (bicyclic) bond motifs is 1. The first-order valence-electron chi connectivity index (χ1n) is 7.61. The third-order valence-electron chi connectivity index (χ3n) is 3.99. The van der Waals surface area contributed by atoms with Crippen molar-refractivity contribution in [2.24, 2.45) is 13.0 Å². The van der Waals surface area contributed by atoms with E-state index in [1.165, 1.54) is 12.1 Å². The number of nitrogens with zero attached hydrogens (tertiary/aromatic N) is 2. The third kappa shape index (κ3) is 3.08. The Morgan fingerprint density at radius 3 is 2.83 bits per heavy atom. The Bertz CT molecular complexity index is 937. The third-order valence-corrected chi connectivity index (χ3v) is 3.99. The number of hydrogen-bond acceptors (Lipinski definition) is 3. The van der Waals surface area contributed by atoms with Crippen LogP contribution < -0.4 is 5.32 Å². The van der Waals surface area contributed by atoms with Crippen molar-refractivity contribution in [3.63, 3.8) is 0 Å². The number of carbonyl (C=O) groups excluding carboxylic acids is 1. The molecule has 1 amide bonds. The molecule has 5 heteroatoms. The minimum Gasteiger partial charge on any atom is -0.508 e. The van der Waals surface area contributed by atoms with Crippen LogP contribution in [0.3, 0.4) is 0 Å². The van der Waals surface area contributed by atoms with E-state index in [0.29, 0.717) is 12.1 Å². The lowest BCUT2D eigenvalue weighted by Gasteiger charge is -2.10. The lowest BCUT2D eigenvalue weighted by molar-refractivity contribution is -0.118. The molecule has 0 aliphatic carbocycles. The van der Waals surface area contributed by atoms with Gasteiger partial charge in [-0.15, -0.1) is 0 Å². The lowest BCUT2D eigenvalue weighted by Crippen LogP contribution is -2.23. The maximum Gasteiger partial charge on any atom is 0.242 e. The van der Waals surface area contributed by atoms with Gasteiger partial charge < -0.3 is 15.0 Å². The standard InChI is InChI=1S/C19H17N3O2/c1-22-12-14(17-7-2-3-8-18(17)22)9-13(11-20)19(24)21-15-5-4-6-16(23)10-15/h2-8,10,12-13,23H,9H2,1H3,(H,21,24). The topological polar surface area (TPSA) is 78.0 Å². The highest BCUT2D eigenvalue weighted by Gasteiger charge is 2.21. The number of carbonyl (C=O) groups is 1. The average Bonchev–Trinajstić information content (AvgIpc) is 2.89. The van der Waals surface area contributed by atoms with Gasteiger partial charge in [0, 0.05) is 35.9 Å². The monoisotopic (exact) mass is 319 g/mol. The summed E-state index contributed by atoms with van der Waals surface area (Å²) in [6, 6.07) is 16.3. The summed E-state index contributed by atoms with van der Waals surface area (Å²) in [6.45, 7) is 0. The van der Waals surface area contributed by atoms with Gasteiger partial charge in [0.25, 0.3) is 0 Å². The van der Waals surface area contributed by atoms with Crippen LogP contribution in [0.2, 0.25) is 0 Å². The van der Waals surface area contributed by atoms with Crippen LogP contribution in [-0.2, 0) is 18.3 Å². The summed E-state index contributed by atoms with van der Waals surface area (Å²) in [5, 5.41) is 22.6. The van der Waals surface area contributed by atoms with Gasteiger partial charge in [-0.25, -0.2) is 0 Å². The van der Waals surface area contributed by atoms with Gasteiger partial charge in [-0.1, -0.05) is 24.3 Å². The number of phenolic OH excluding ortho intramolecular Hbond substituents is 1. The maximum absolute atomic E-state index is 12.4. The molecule has 0 bridgehead atoms. The SMILES string of the molecule is Cn1cc(CC(C#N)C(=O)Nc2cccc(O)c2)c2ccccc21. The van der Waals surface area contributed by atoms with Crippen molar-refractivity contribution >= 4 is 22.5 Å². The first kappa shape index (κ1) is 15.6. The number of phenols is 1. The molecule has 0 radical (unpaired) electrons. The molecule has 0 saturated heterocycles. The summed E-state index contributed by atoms with van der Waals surface area (Å²) in [4.78, 5) is 12.4. The van der Waals surface area contributed by atoms with E-state index in [0.717, 1.165) is 16.5 Å². The molecule has 0 fully saturated rings. The number of rotatable bonds is 4. The first-order valence-corrected chi connectivity index (χ1v) is 7.61. The maximum atomic E-state index is 12.4. The zero-order valence-corrected chi connectivity index (χ0v) is 13.2. The zero-order chi connectivity index (χ0) is 17.1. The number of para-hydroxylation sites is 1. The second-order valence-electron chi connectivity index (χ2n) is 5.71. The highest BCUT2D eigenvalue weighted by atomic mass is 16.3. The number of aromatic hydroxyl groups is 1. The summed E-state index contributed by atoms with van der Waals surface area (Å²) in [5.41, 5.74) is 2.50. The number of aryl methyl sites for hydroxylation is 1. The Kier molecular flexibility index (Phi) is 4.21. The van der Waals surface area contributed by atoms with Crippen LogP contribution in [0.25, 0.3) is 10.9 Å². The molecule has 1 unspecified atom stereocenters. The number of amides is 1.